The predicted octanol–water partition coefficient (Wildman–Crippen LogP) is 10.6. The molecule has 7 rings (SSSR count). The van der Waals surface area contributed by atoms with Crippen molar-refractivity contribution >= 4 is 17.1 Å². The maximum atomic E-state index is 10.7. The average molecular weight is 626 g/mol. The van der Waals surface area contributed by atoms with Crippen molar-refractivity contribution < 1.29 is 0 Å². The molecule has 5 nitrogen and oxygen atoms in total. The summed E-state index contributed by atoms with van der Waals surface area (Å²) in [6.45, 7) is 17.9. The van der Waals surface area contributed by atoms with Gasteiger partial charge >= 0.3 is 0 Å². The number of benzene rings is 5. The molecule has 0 radical (unpaired) electrons. The Kier molecular flexibility index (Phi) is 7.68. The SMILES string of the molecule is Cc1c(C)c(C)c2c(c1C)Cc1c(C)c(C)c(C)c(C)c1N2c1cccc(C#N)c1-c1nc(-c2ccccc2)nc(-c2ccccc2)n1. The molecule has 0 amide bonds. The van der Waals surface area contributed by atoms with Crippen molar-refractivity contribution in [1.29, 1.82) is 5.26 Å². The highest BCUT2D eigenvalue weighted by Crippen LogP contribution is 2.53. The minimum Gasteiger partial charge on any atom is -0.309 e. The summed E-state index contributed by atoms with van der Waals surface area (Å²) in [5, 5.41) is 10.7. The molecular formula is C43H39N5. The second-order valence-corrected chi connectivity index (χ2v) is 13.0. The highest BCUT2D eigenvalue weighted by Gasteiger charge is 2.34. The fourth-order valence-corrected chi connectivity index (χ4v) is 7.28. The number of hydrogen-bond acceptors (Lipinski definition) is 5. The second-order valence-electron chi connectivity index (χ2n) is 13.0. The molecule has 2 heterocycles. The van der Waals surface area contributed by atoms with E-state index >= 15 is 0 Å². The molecule has 0 saturated carbocycles. The first kappa shape index (κ1) is 31.0. The number of anilines is 3. The molecule has 1 aromatic heterocycles. The van der Waals surface area contributed by atoms with Crippen molar-refractivity contribution in [2.45, 2.75) is 61.8 Å². The number of hydrogen-bond donors (Lipinski definition) is 0. The molecule has 0 saturated heterocycles. The molecule has 0 fully saturated rings. The molecule has 0 bridgehead atoms. The quantitative estimate of drug-likeness (QED) is 0.195. The summed E-state index contributed by atoms with van der Waals surface area (Å²) in [6.07, 6.45) is 0.859. The Labute approximate surface area is 283 Å². The molecule has 6 aromatic rings. The molecular weight excluding hydrogens is 587 g/mol. The van der Waals surface area contributed by atoms with E-state index in [2.05, 4.69) is 72.4 Å². The Morgan fingerprint density at radius 3 is 1.40 bits per heavy atom. The maximum Gasteiger partial charge on any atom is 0.167 e. The van der Waals surface area contributed by atoms with Crippen LogP contribution in [0, 0.1) is 66.7 Å². The lowest BCUT2D eigenvalue weighted by atomic mass is 9.80. The van der Waals surface area contributed by atoms with Gasteiger partial charge in [-0.3, -0.25) is 0 Å². The van der Waals surface area contributed by atoms with E-state index in [0.29, 0.717) is 28.6 Å². The zero-order valence-corrected chi connectivity index (χ0v) is 28.9. The van der Waals surface area contributed by atoms with Crippen LogP contribution in [0.1, 0.15) is 61.2 Å². The van der Waals surface area contributed by atoms with Gasteiger partial charge < -0.3 is 4.90 Å². The standard InChI is InChI=1S/C43H39N5/c1-24-26(3)30(7)39-35(28(24)5)22-36-29(6)25(2)27(4)31(8)40(36)48(39)37-21-15-20-34(23-44)38(37)43-46-41(32-16-11-9-12-17-32)45-42(47-43)33-18-13-10-14-19-33/h9-21H,22H2,1-8H3. The molecule has 0 unspecified atom stereocenters. The molecule has 0 aliphatic carbocycles. The number of fused-ring (bicyclic) bond motifs is 2. The van der Waals surface area contributed by atoms with Gasteiger partial charge in [-0.15, -0.1) is 0 Å². The maximum absolute atomic E-state index is 10.7. The molecule has 1 aliphatic heterocycles. The molecule has 0 spiro atoms. The second kappa shape index (κ2) is 11.9. The molecule has 1 aliphatic rings. The molecule has 5 heteroatoms. The summed E-state index contributed by atoms with van der Waals surface area (Å²) in [4.78, 5) is 17.6. The van der Waals surface area contributed by atoms with E-state index in [4.69, 9.17) is 15.0 Å². The first-order valence-corrected chi connectivity index (χ1v) is 16.5. The van der Waals surface area contributed by atoms with Crippen LogP contribution in [0.3, 0.4) is 0 Å². The van der Waals surface area contributed by atoms with Gasteiger partial charge in [0.05, 0.1) is 34.3 Å². The first-order chi connectivity index (χ1) is 23.1. The van der Waals surface area contributed by atoms with Crippen molar-refractivity contribution in [3.05, 3.63) is 140 Å². The topological polar surface area (TPSA) is 65.7 Å². The van der Waals surface area contributed by atoms with E-state index in [0.717, 1.165) is 23.2 Å². The van der Waals surface area contributed by atoms with Crippen LogP contribution in [0.25, 0.3) is 34.2 Å². The Balaban J connectivity index is 1.61. The third-order valence-electron chi connectivity index (χ3n) is 10.7. The summed E-state index contributed by atoms with van der Waals surface area (Å²) in [6, 6.07) is 28.4. The normalized spacial score (nSPS) is 12.0. The number of aromatic nitrogens is 3. The zero-order chi connectivity index (χ0) is 33.9. The van der Waals surface area contributed by atoms with Crippen LogP contribution >= 0.6 is 0 Å². The van der Waals surface area contributed by atoms with Crippen LogP contribution in [0.15, 0.2) is 78.9 Å². The van der Waals surface area contributed by atoms with Crippen LogP contribution in [0.4, 0.5) is 17.1 Å². The summed E-state index contributed by atoms with van der Waals surface area (Å²) in [5.41, 5.74) is 19.2. The van der Waals surface area contributed by atoms with E-state index in [9.17, 15) is 5.26 Å². The zero-order valence-electron chi connectivity index (χ0n) is 28.9. The minimum atomic E-state index is 0.472. The Morgan fingerprint density at radius 2 is 0.938 bits per heavy atom. The van der Waals surface area contributed by atoms with E-state index in [1.54, 1.807) is 0 Å². The highest BCUT2D eigenvalue weighted by molar-refractivity contribution is 5.96. The molecule has 236 valence electrons. The van der Waals surface area contributed by atoms with Crippen molar-refractivity contribution in [1.82, 2.24) is 15.0 Å². The van der Waals surface area contributed by atoms with Gasteiger partial charge in [0.2, 0.25) is 0 Å². The fraction of sp³-hybridized carbons (Fsp3) is 0.209. The molecule has 0 N–H and O–H groups in total. The average Bonchev–Trinajstić information content (AvgIpc) is 3.13. The van der Waals surface area contributed by atoms with Gasteiger partial charge in [0, 0.05) is 17.5 Å². The van der Waals surface area contributed by atoms with Gasteiger partial charge in [-0.05, 0) is 123 Å². The first-order valence-electron chi connectivity index (χ1n) is 16.5. The summed E-state index contributed by atoms with van der Waals surface area (Å²) in [7, 11) is 0. The minimum absolute atomic E-state index is 0.472. The number of nitriles is 1. The fourth-order valence-electron chi connectivity index (χ4n) is 7.28. The summed E-state index contributed by atoms with van der Waals surface area (Å²) < 4.78 is 0. The smallest absolute Gasteiger partial charge is 0.167 e. The predicted molar refractivity (Wildman–Crippen MR) is 196 cm³/mol. The van der Waals surface area contributed by atoms with Crippen LogP contribution in [-0.4, -0.2) is 15.0 Å². The van der Waals surface area contributed by atoms with E-state index in [1.807, 2.05) is 72.8 Å². The largest absolute Gasteiger partial charge is 0.309 e. The van der Waals surface area contributed by atoms with E-state index in [-0.39, 0.29) is 0 Å². The Hall–Kier alpha value is -5.60. The number of nitrogens with zero attached hydrogens (tertiary/aromatic N) is 5. The van der Waals surface area contributed by atoms with Crippen molar-refractivity contribution in [3.63, 3.8) is 0 Å². The third kappa shape index (κ3) is 4.79. The lowest BCUT2D eigenvalue weighted by Crippen LogP contribution is -2.25. The van der Waals surface area contributed by atoms with Crippen LogP contribution in [0.5, 0.6) is 0 Å². The van der Waals surface area contributed by atoms with Crippen molar-refractivity contribution in [2.24, 2.45) is 0 Å². The van der Waals surface area contributed by atoms with Gasteiger partial charge in [0.1, 0.15) is 0 Å². The highest BCUT2D eigenvalue weighted by atomic mass is 15.2. The van der Waals surface area contributed by atoms with Gasteiger partial charge in [-0.2, -0.15) is 5.26 Å². The molecule has 48 heavy (non-hydrogen) atoms. The van der Waals surface area contributed by atoms with Crippen molar-refractivity contribution in [3.8, 4) is 40.2 Å². The van der Waals surface area contributed by atoms with E-state index < -0.39 is 0 Å². The third-order valence-corrected chi connectivity index (χ3v) is 10.7. The monoisotopic (exact) mass is 625 g/mol. The Morgan fingerprint density at radius 1 is 0.500 bits per heavy atom. The van der Waals surface area contributed by atoms with Crippen LogP contribution in [-0.2, 0) is 6.42 Å². The summed E-state index contributed by atoms with van der Waals surface area (Å²) in [5.74, 6) is 1.60. The van der Waals surface area contributed by atoms with Crippen LogP contribution < -0.4 is 4.90 Å². The van der Waals surface area contributed by atoms with Gasteiger partial charge in [-0.25, -0.2) is 15.0 Å². The lowest BCUT2D eigenvalue weighted by molar-refractivity contribution is 0.994. The van der Waals surface area contributed by atoms with Crippen LogP contribution in [0.2, 0.25) is 0 Å². The molecule has 5 aromatic carbocycles. The van der Waals surface area contributed by atoms with E-state index in [1.165, 1.54) is 67.0 Å². The summed E-state index contributed by atoms with van der Waals surface area (Å²) >= 11 is 0. The number of rotatable bonds is 4. The van der Waals surface area contributed by atoms with Gasteiger partial charge in [0.25, 0.3) is 0 Å². The molecule has 0 atom stereocenters. The van der Waals surface area contributed by atoms with Crippen molar-refractivity contribution in [2.75, 3.05) is 4.90 Å². The lowest BCUT2D eigenvalue weighted by Gasteiger charge is -2.40. The Bertz CT molecular complexity index is 2170. The van der Waals surface area contributed by atoms with Gasteiger partial charge in [0.15, 0.2) is 17.5 Å². The van der Waals surface area contributed by atoms with Gasteiger partial charge in [-0.1, -0.05) is 66.7 Å².